The van der Waals surface area contributed by atoms with Gasteiger partial charge in [-0.3, -0.25) is 19.1 Å². The molecule has 2 unspecified atom stereocenters. The number of nitrogens with zero attached hydrogens (tertiary/aromatic N) is 3. The number of ether oxygens (including phenoxy) is 5. The second-order valence-corrected chi connectivity index (χ2v) is 14.9. The third-order valence-corrected chi connectivity index (χ3v) is 9.93. The van der Waals surface area contributed by atoms with Gasteiger partial charge in [0, 0.05) is 22.8 Å². The Kier molecular flexibility index (Phi) is 11.8. The van der Waals surface area contributed by atoms with Crippen LogP contribution in [0.15, 0.2) is 49.1 Å². The van der Waals surface area contributed by atoms with Crippen LogP contribution in [-0.4, -0.2) is 96.2 Å². The topological polar surface area (TPSA) is 180 Å². The Morgan fingerprint density at radius 2 is 1.94 bits per heavy atom. The van der Waals surface area contributed by atoms with Gasteiger partial charge in [0.15, 0.2) is 11.5 Å². The molecule has 282 valence electrons. The van der Waals surface area contributed by atoms with E-state index in [1.807, 2.05) is 44.2 Å². The number of fused-ring (bicyclic) bond motifs is 3. The van der Waals surface area contributed by atoms with E-state index in [-0.39, 0.29) is 38.9 Å². The third-order valence-electron chi connectivity index (χ3n) is 8.81. The number of amides is 4. The number of aromatic nitrogens is 2. The molecule has 1 aromatic heterocycles. The number of nitrogens with one attached hydrogen (secondary N) is 3. The molecule has 1 aliphatic carbocycles. The Hall–Kier alpha value is -5.25. The number of hydrogen-bond acceptors (Lipinski definition) is 12. The monoisotopic (exact) mass is 748 g/mol. The van der Waals surface area contributed by atoms with Crippen LogP contribution in [0, 0.1) is 5.41 Å². The summed E-state index contributed by atoms with van der Waals surface area (Å²) in [7, 11) is 1.52. The van der Waals surface area contributed by atoms with E-state index in [2.05, 4.69) is 26.9 Å². The molecule has 53 heavy (non-hydrogen) atoms. The Labute approximate surface area is 311 Å². The maximum Gasteiger partial charge on any atom is 0.407 e. The van der Waals surface area contributed by atoms with Crippen molar-refractivity contribution in [1.29, 1.82) is 0 Å². The predicted molar refractivity (Wildman–Crippen MR) is 197 cm³/mol. The highest BCUT2D eigenvalue weighted by atomic mass is 32.2. The number of hydrogen-bond donors (Lipinski definition) is 3. The fraction of sp³-hybridized carbons (Fsp3) is 0.459. The summed E-state index contributed by atoms with van der Waals surface area (Å²) in [4.78, 5) is 62.3. The zero-order valence-corrected chi connectivity index (χ0v) is 30.8. The molecule has 0 spiro atoms. The van der Waals surface area contributed by atoms with Gasteiger partial charge < -0.3 is 39.2 Å². The van der Waals surface area contributed by atoms with E-state index in [9.17, 15) is 19.2 Å². The normalized spacial score (nSPS) is 16.8. The zero-order valence-electron chi connectivity index (χ0n) is 30.0. The maximum atomic E-state index is 13.1. The molecule has 6 rings (SSSR count). The first-order valence-electron chi connectivity index (χ1n) is 17.5. The van der Waals surface area contributed by atoms with Crippen molar-refractivity contribution >= 4 is 46.8 Å². The molecule has 2 aliphatic heterocycles. The van der Waals surface area contributed by atoms with Gasteiger partial charge >= 0.3 is 6.09 Å². The Morgan fingerprint density at radius 3 is 2.72 bits per heavy atom. The Bertz CT molecular complexity index is 1870. The summed E-state index contributed by atoms with van der Waals surface area (Å²) in [6.45, 7) is 7.82. The van der Waals surface area contributed by atoms with Crippen molar-refractivity contribution < 1.29 is 42.9 Å². The predicted octanol–water partition coefficient (Wildman–Crippen LogP) is 4.14. The maximum absolute atomic E-state index is 13.1. The molecule has 16 heteroatoms. The molecule has 3 heterocycles. The van der Waals surface area contributed by atoms with Gasteiger partial charge in [0.05, 0.1) is 19.2 Å². The van der Waals surface area contributed by atoms with E-state index < -0.39 is 35.4 Å². The van der Waals surface area contributed by atoms with Crippen LogP contribution in [0.3, 0.4) is 0 Å². The van der Waals surface area contributed by atoms with Crippen molar-refractivity contribution in [2.75, 3.05) is 40.2 Å². The molecule has 4 amide bonds. The van der Waals surface area contributed by atoms with Gasteiger partial charge in [0.1, 0.15) is 42.2 Å². The summed E-state index contributed by atoms with van der Waals surface area (Å²) in [6, 6.07) is 9.43. The van der Waals surface area contributed by atoms with Crippen LogP contribution >= 0.6 is 11.9 Å². The van der Waals surface area contributed by atoms with Gasteiger partial charge in [-0.1, -0.05) is 32.1 Å². The van der Waals surface area contributed by atoms with Crippen LogP contribution in [0.5, 0.6) is 23.1 Å². The van der Waals surface area contributed by atoms with E-state index in [4.69, 9.17) is 28.7 Å². The van der Waals surface area contributed by atoms with Crippen molar-refractivity contribution in [3.63, 3.8) is 0 Å². The van der Waals surface area contributed by atoms with Crippen molar-refractivity contribution in [2.24, 2.45) is 5.41 Å². The van der Waals surface area contributed by atoms with E-state index in [0.717, 1.165) is 18.4 Å². The first-order valence-corrected chi connectivity index (χ1v) is 18.4. The Morgan fingerprint density at radius 1 is 1.11 bits per heavy atom. The summed E-state index contributed by atoms with van der Waals surface area (Å²) in [5, 5.41) is 5.69. The highest BCUT2D eigenvalue weighted by Gasteiger charge is 2.36. The Balaban J connectivity index is 0.971. The molecule has 2 atom stereocenters. The highest BCUT2D eigenvalue weighted by Crippen LogP contribution is 2.40. The van der Waals surface area contributed by atoms with Gasteiger partial charge in [-0.2, -0.15) is 0 Å². The van der Waals surface area contributed by atoms with Gasteiger partial charge in [-0.05, 0) is 68.3 Å². The molecular weight excluding hydrogens is 705 g/mol. The average Bonchev–Trinajstić information content (AvgIpc) is 3.62. The van der Waals surface area contributed by atoms with Gasteiger partial charge in [-0.15, -0.1) is 6.58 Å². The van der Waals surface area contributed by atoms with Gasteiger partial charge in [0.2, 0.25) is 24.5 Å². The molecule has 3 aliphatic rings. The first-order chi connectivity index (χ1) is 25.5. The molecule has 1 saturated heterocycles. The fourth-order valence-electron chi connectivity index (χ4n) is 5.82. The summed E-state index contributed by atoms with van der Waals surface area (Å²) < 4.78 is 31.0. The number of carbonyl (C=O) groups is 4. The summed E-state index contributed by atoms with van der Waals surface area (Å²) >= 11 is 1.37. The van der Waals surface area contributed by atoms with Gasteiger partial charge in [-0.25, -0.2) is 14.8 Å². The minimum Gasteiger partial charge on any atom is -0.493 e. The van der Waals surface area contributed by atoms with E-state index in [1.54, 1.807) is 12.1 Å². The second kappa shape index (κ2) is 16.6. The molecule has 0 radical (unpaired) electrons. The number of likely N-dealkylation sites (tertiary alicyclic amines) is 1. The average molecular weight is 749 g/mol. The smallest absolute Gasteiger partial charge is 0.407 e. The molecular formula is C37H44N6O9S. The molecule has 0 bridgehead atoms. The second-order valence-electron chi connectivity index (χ2n) is 13.8. The van der Waals surface area contributed by atoms with Gasteiger partial charge in [0.25, 0.3) is 5.91 Å². The standard InChI is InChI=1S/C37H44N6O9S/c1-5-8-26(33(45)42-53-24-12-13-24)40-34(46)27-11-7-16-43(27)29(44)18-38-36(47)50-20-37(2,3)19-49-23-10-6-9-22(17-23)30-35(48-4)41-31-25(39-30)14-15-28-32(31)52-21-51-28/h5-6,9-10,14-15,17,24,26-27H,1,7-8,11-13,16,18-21H2,2-4H3,(H,38,47)(H,40,46)(H,42,45). The third kappa shape index (κ3) is 9.41. The molecule has 15 nitrogen and oxygen atoms in total. The summed E-state index contributed by atoms with van der Waals surface area (Å²) in [5.74, 6) is 0.881. The van der Waals surface area contributed by atoms with Crippen LogP contribution in [0.1, 0.15) is 46.0 Å². The summed E-state index contributed by atoms with van der Waals surface area (Å²) in [6.07, 6.45) is 4.25. The number of methoxy groups -OCH3 is 1. The van der Waals surface area contributed by atoms with E-state index in [0.29, 0.717) is 64.5 Å². The molecule has 3 N–H and O–H groups in total. The highest BCUT2D eigenvalue weighted by molar-refractivity contribution is 7.98. The number of carbonyl (C=O) groups excluding carboxylic acids is 4. The van der Waals surface area contributed by atoms with Crippen LogP contribution in [0.4, 0.5) is 4.79 Å². The molecule has 3 aromatic rings. The van der Waals surface area contributed by atoms with Crippen molar-refractivity contribution in [3.8, 4) is 34.4 Å². The van der Waals surface area contributed by atoms with Crippen molar-refractivity contribution in [3.05, 3.63) is 49.1 Å². The van der Waals surface area contributed by atoms with Crippen molar-refractivity contribution in [2.45, 2.75) is 63.3 Å². The van der Waals surface area contributed by atoms with Crippen LogP contribution in [0.2, 0.25) is 0 Å². The van der Waals surface area contributed by atoms with E-state index in [1.165, 1.54) is 24.0 Å². The van der Waals surface area contributed by atoms with Crippen LogP contribution in [-0.2, 0) is 19.1 Å². The molecule has 1 saturated carbocycles. The van der Waals surface area contributed by atoms with Crippen LogP contribution in [0.25, 0.3) is 22.3 Å². The number of alkyl carbamates (subject to hydrolysis) is 1. The number of benzene rings is 2. The summed E-state index contributed by atoms with van der Waals surface area (Å²) in [5.41, 5.74) is 1.83. The largest absolute Gasteiger partial charge is 0.493 e. The fourth-order valence-corrected chi connectivity index (χ4v) is 6.61. The quantitative estimate of drug-likeness (QED) is 0.141. The minimum absolute atomic E-state index is 0.00727. The van der Waals surface area contributed by atoms with E-state index >= 15 is 0 Å². The SMILES string of the molecule is C=CCC(NC(=O)C1CCCN1C(=O)CNC(=O)OCC(C)(C)COc1cccc(-c2nc3ccc4c(c3nc2OC)OCO4)c1)C(=O)NSC1CC1. The van der Waals surface area contributed by atoms with Crippen molar-refractivity contribution in [1.82, 2.24) is 30.2 Å². The molecule has 2 aromatic carbocycles. The minimum atomic E-state index is -0.789. The lowest BCUT2D eigenvalue weighted by Crippen LogP contribution is -2.53. The number of rotatable bonds is 16. The lowest BCUT2D eigenvalue weighted by atomic mass is 9.96. The molecule has 2 fully saturated rings. The zero-order chi connectivity index (χ0) is 37.5. The lowest BCUT2D eigenvalue weighted by Gasteiger charge is -2.26. The first kappa shape index (κ1) is 37.5. The van der Waals surface area contributed by atoms with Crippen LogP contribution < -0.4 is 34.3 Å². The lowest BCUT2D eigenvalue weighted by molar-refractivity contribution is -0.138.